The van der Waals surface area contributed by atoms with Crippen LogP contribution in [0.2, 0.25) is 0 Å². The number of β-amino-alcohol motifs (C(OH)–C–C–N with tert-alkyl or cyclic N) is 1. The summed E-state index contributed by atoms with van der Waals surface area (Å²) in [6, 6.07) is 15.0. The fraction of sp³-hybridized carbons (Fsp3) is 0.500. The van der Waals surface area contributed by atoms with Crippen molar-refractivity contribution in [2.45, 2.75) is 61.9 Å². The number of rotatable bonds is 8. The molecule has 0 aliphatic carbocycles. The molecule has 0 unspecified atom stereocenters. The molecule has 0 aromatic heterocycles. The second-order valence-electron chi connectivity index (χ2n) is 9.15. The highest BCUT2D eigenvalue weighted by molar-refractivity contribution is 7.89. The third-order valence-electron chi connectivity index (χ3n) is 6.33. The van der Waals surface area contributed by atoms with Gasteiger partial charge in [-0.25, -0.2) is 8.42 Å². The number of nitrogens with one attached hydrogen (secondary N) is 1. The quantitative estimate of drug-likeness (QED) is 0.552. The number of nitrogens with zero attached hydrogens (tertiary/aromatic N) is 1. The van der Waals surface area contributed by atoms with Gasteiger partial charge >= 0.3 is 0 Å². The standard InChI is InChI=1S/C26H34N2O7S/c1-2-14-27-26(30)15-22-10-13-24-25(35-22)18-33-17-19(29)16-28(24)36(31,32)23-11-8-21(9-12-23)34-20-6-4-3-5-7-20/h3-9,11-12,19,22,24-25,29H,2,10,13-18H2,1H3,(H,27,30)/t19-,22+,24-,25+/m1/s1. The lowest BCUT2D eigenvalue weighted by atomic mass is 9.96. The van der Waals surface area contributed by atoms with Crippen LogP contribution >= 0.6 is 0 Å². The Morgan fingerprint density at radius 2 is 1.81 bits per heavy atom. The Kier molecular flexibility index (Phi) is 8.97. The Morgan fingerprint density at radius 1 is 1.08 bits per heavy atom. The number of amides is 1. The van der Waals surface area contributed by atoms with Gasteiger partial charge in [0.2, 0.25) is 15.9 Å². The topological polar surface area (TPSA) is 114 Å². The summed E-state index contributed by atoms with van der Waals surface area (Å²) in [5.74, 6) is 1.09. The minimum Gasteiger partial charge on any atom is -0.457 e. The summed E-state index contributed by atoms with van der Waals surface area (Å²) < 4.78 is 46.3. The van der Waals surface area contributed by atoms with Crippen LogP contribution in [-0.4, -0.2) is 74.4 Å². The Labute approximate surface area is 212 Å². The molecule has 2 aliphatic rings. The van der Waals surface area contributed by atoms with Crippen molar-refractivity contribution in [1.29, 1.82) is 0 Å². The molecule has 0 saturated carbocycles. The third kappa shape index (κ3) is 6.63. The maximum Gasteiger partial charge on any atom is 0.243 e. The molecular formula is C26H34N2O7S. The molecule has 2 aliphatic heterocycles. The zero-order valence-electron chi connectivity index (χ0n) is 20.4. The van der Waals surface area contributed by atoms with Crippen molar-refractivity contribution < 1.29 is 32.5 Å². The molecule has 2 aromatic carbocycles. The van der Waals surface area contributed by atoms with E-state index in [0.29, 0.717) is 30.9 Å². The number of hydrogen-bond acceptors (Lipinski definition) is 7. The van der Waals surface area contributed by atoms with E-state index < -0.39 is 28.3 Å². The summed E-state index contributed by atoms with van der Waals surface area (Å²) in [4.78, 5) is 12.3. The van der Waals surface area contributed by atoms with E-state index in [4.69, 9.17) is 14.2 Å². The second kappa shape index (κ2) is 12.2. The van der Waals surface area contributed by atoms with Gasteiger partial charge in [-0.05, 0) is 55.7 Å². The number of para-hydroxylation sites is 1. The number of sulfonamides is 1. The van der Waals surface area contributed by atoms with E-state index in [1.807, 2.05) is 37.3 Å². The van der Waals surface area contributed by atoms with Crippen LogP contribution in [0.5, 0.6) is 11.5 Å². The van der Waals surface area contributed by atoms with Crippen molar-refractivity contribution in [2.24, 2.45) is 0 Å². The van der Waals surface area contributed by atoms with Gasteiger partial charge in [0.15, 0.2) is 0 Å². The van der Waals surface area contributed by atoms with E-state index >= 15 is 0 Å². The molecule has 0 spiro atoms. The maximum absolute atomic E-state index is 13.7. The van der Waals surface area contributed by atoms with Crippen molar-refractivity contribution >= 4 is 15.9 Å². The van der Waals surface area contributed by atoms with Crippen LogP contribution in [0.4, 0.5) is 0 Å². The lowest BCUT2D eigenvalue weighted by Gasteiger charge is -2.43. The Hall–Kier alpha value is -2.50. The van der Waals surface area contributed by atoms with Crippen LogP contribution in [0, 0.1) is 0 Å². The van der Waals surface area contributed by atoms with Crippen LogP contribution in [-0.2, 0) is 24.3 Å². The number of benzene rings is 2. The molecule has 2 saturated heterocycles. The van der Waals surface area contributed by atoms with Gasteiger partial charge < -0.3 is 24.6 Å². The molecule has 2 fully saturated rings. The van der Waals surface area contributed by atoms with Gasteiger partial charge in [-0.15, -0.1) is 0 Å². The van der Waals surface area contributed by atoms with Gasteiger partial charge in [0.25, 0.3) is 0 Å². The molecule has 9 nitrogen and oxygen atoms in total. The highest BCUT2D eigenvalue weighted by atomic mass is 32.2. The molecule has 36 heavy (non-hydrogen) atoms. The molecule has 0 bridgehead atoms. The molecule has 4 rings (SSSR count). The van der Waals surface area contributed by atoms with E-state index in [0.717, 1.165) is 6.42 Å². The number of carbonyl (C=O) groups is 1. The van der Waals surface area contributed by atoms with Gasteiger partial charge in [-0.3, -0.25) is 4.79 Å². The normalized spacial score (nSPS) is 25.3. The maximum atomic E-state index is 13.7. The van der Waals surface area contributed by atoms with Gasteiger partial charge in [0.05, 0.1) is 48.9 Å². The first-order valence-corrected chi connectivity index (χ1v) is 13.8. The van der Waals surface area contributed by atoms with Crippen molar-refractivity contribution in [2.75, 3.05) is 26.3 Å². The third-order valence-corrected chi connectivity index (χ3v) is 8.23. The van der Waals surface area contributed by atoms with Gasteiger partial charge in [-0.2, -0.15) is 4.31 Å². The summed E-state index contributed by atoms with van der Waals surface area (Å²) in [6.07, 6.45) is 0.305. The lowest BCUT2D eigenvalue weighted by Crippen LogP contribution is -2.57. The Bertz CT molecular complexity index is 1100. The highest BCUT2D eigenvalue weighted by Crippen LogP contribution is 2.32. The van der Waals surface area contributed by atoms with Crippen LogP contribution in [0.15, 0.2) is 59.5 Å². The van der Waals surface area contributed by atoms with Gasteiger partial charge in [0.1, 0.15) is 11.5 Å². The monoisotopic (exact) mass is 518 g/mol. The highest BCUT2D eigenvalue weighted by Gasteiger charge is 2.43. The lowest BCUT2D eigenvalue weighted by molar-refractivity contribution is -0.146. The molecule has 2 N–H and O–H groups in total. The number of ether oxygens (including phenoxy) is 3. The molecule has 196 valence electrons. The Balaban J connectivity index is 1.49. The predicted octanol–water partition coefficient (Wildman–Crippen LogP) is 2.69. The SMILES string of the molecule is CCCNC(=O)C[C@@H]1CC[C@@H]2[C@H](COC[C@H](O)CN2S(=O)(=O)c2ccc(Oc3ccccc3)cc2)O1. The number of hydrogen-bond donors (Lipinski definition) is 2. The first-order chi connectivity index (χ1) is 17.4. The summed E-state index contributed by atoms with van der Waals surface area (Å²) in [5, 5.41) is 13.3. The Morgan fingerprint density at radius 3 is 2.53 bits per heavy atom. The van der Waals surface area contributed by atoms with Crippen molar-refractivity contribution in [3.63, 3.8) is 0 Å². The van der Waals surface area contributed by atoms with Crippen molar-refractivity contribution in [3.8, 4) is 11.5 Å². The zero-order valence-corrected chi connectivity index (χ0v) is 21.2. The first kappa shape index (κ1) is 26.6. The molecular weight excluding hydrogens is 484 g/mol. The number of fused-ring (bicyclic) bond motifs is 1. The number of aliphatic hydroxyl groups is 1. The molecule has 0 radical (unpaired) electrons. The second-order valence-corrected chi connectivity index (χ2v) is 11.0. The summed E-state index contributed by atoms with van der Waals surface area (Å²) in [5.41, 5.74) is 0. The largest absolute Gasteiger partial charge is 0.457 e. The minimum absolute atomic E-state index is 0.00407. The summed E-state index contributed by atoms with van der Waals surface area (Å²) in [7, 11) is -3.94. The van der Waals surface area contributed by atoms with Gasteiger partial charge in [0, 0.05) is 13.1 Å². The predicted molar refractivity (Wildman–Crippen MR) is 133 cm³/mol. The van der Waals surface area contributed by atoms with Crippen molar-refractivity contribution in [3.05, 3.63) is 54.6 Å². The average molecular weight is 519 g/mol. The summed E-state index contributed by atoms with van der Waals surface area (Å²) in [6.45, 7) is 2.65. The van der Waals surface area contributed by atoms with E-state index in [1.54, 1.807) is 12.1 Å². The minimum atomic E-state index is -3.94. The van der Waals surface area contributed by atoms with Crippen LogP contribution in [0.25, 0.3) is 0 Å². The molecule has 2 heterocycles. The van der Waals surface area contributed by atoms with Crippen LogP contribution in [0.3, 0.4) is 0 Å². The molecule has 1 amide bonds. The van der Waals surface area contributed by atoms with Gasteiger partial charge in [-0.1, -0.05) is 25.1 Å². The van der Waals surface area contributed by atoms with E-state index in [-0.39, 0.29) is 43.1 Å². The molecule has 10 heteroatoms. The van der Waals surface area contributed by atoms with Crippen LogP contribution in [0.1, 0.15) is 32.6 Å². The zero-order chi connectivity index (χ0) is 25.5. The van der Waals surface area contributed by atoms with Crippen molar-refractivity contribution in [1.82, 2.24) is 9.62 Å². The van der Waals surface area contributed by atoms with Crippen LogP contribution < -0.4 is 10.1 Å². The van der Waals surface area contributed by atoms with E-state index in [9.17, 15) is 18.3 Å². The summed E-state index contributed by atoms with van der Waals surface area (Å²) >= 11 is 0. The smallest absolute Gasteiger partial charge is 0.243 e. The fourth-order valence-corrected chi connectivity index (χ4v) is 6.27. The number of carbonyl (C=O) groups excluding carboxylic acids is 1. The first-order valence-electron chi connectivity index (χ1n) is 12.4. The van der Waals surface area contributed by atoms with E-state index in [2.05, 4.69) is 5.32 Å². The molecule has 4 atom stereocenters. The average Bonchev–Trinajstić information content (AvgIpc) is 2.86. The molecule has 2 aromatic rings. The fourth-order valence-electron chi connectivity index (χ4n) is 4.55. The van der Waals surface area contributed by atoms with E-state index in [1.165, 1.54) is 16.4 Å². The number of aliphatic hydroxyl groups excluding tert-OH is 1.